The summed E-state index contributed by atoms with van der Waals surface area (Å²) in [7, 11) is 1.96. The Hall–Kier alpha value is -3.47. The van der Waals surface area contributed by atoms with Gasteiger partial charge in [0, 0.05) is 55.5 Å². The van der Waals surface area contributed by atoms with Crippen LogP contribution in [0, 0.1) is 11.7 Å². The summed E-state index contributed by atoms with van der Waals surface area (Å²) in [6, 6.07) is 8.26. The Morgan fingerprint density at radius 1 is 1.14 bits per heavy atom. The maximum Gasteiger partial charge on any atom is 0.471 e. The lowest BCUT2D eigenvalue weighted by Crippen LogP contribution is -2.37. The van der Waals surface area contributed by atoms with Crippen molar-refractivity contribution in [3.63, 3.8) is 0 Å². The molecule has 5 rings (SSSR count). The van der Waals surface area contributed by atoms with E-state index in [1.807, 2.05) is 17.8 Å². The number of pyridine rings is 1. The highest BCUT2D eigenvalue weighted by Gasteiger charge is 2.38. The van der Waals surface area contributed by atoms with Crippen LogP contribution >= 0.6 is 0 Å². The molecule has 0 unspecified atom stereocenters. The van der Waals surface area contributed by atoms with Gasteiger partial charge in [0.05, 0.1) is 0 Å². The van der Waals surface area contributed by atoms with E-state index in [9.17, 15) is 17.6 Å². The zero-order chi connectivity index (χ0) is 24.6. The molecular formula is C24H24F4N6O. The standard InChI is InChI=1S/C24H24F4N6O/c1-33-14-17(19-10-18(25)3-4-20(19)33)12-29-11-15-6-8-34(9-7-15)21-5-2-16(13-30-21)22-31-23(35-32-22)24(26,27)28/h2-5,10,13-15,29H,6-9,11-12H2,1H3. The molecule has 0 spiro atoms. The molecule has 1 aromatic carbocycles. The molecule has 1 aliphatic heterocycles. The van der Waals surface area contributed by atoms with Crippen molar-refractivity contribution in [3.8, 4) is 11.4 Å². The molecule has 0 saturated carbocycles. The molecule has 1 saturated heterocycles. The second kappa shape index (κ2) is 9.29. The van der Waals surface area contributed by atoms with E-state index in [0.29, 0.717) is 18.0 Å². The molecule has 4 heterocycles. The summed E-state index contributed by atoms with van der Waals surface area (Å²) in [5, 5.41) is 7.84. The highest BCUT2D eigenvalue weighted by atomic mass is 19.4. The number of hydrogen-bond donors (Lipinski definition) is 1. The Kier molecular flexibility index (Phi) is 6.18. The number of nitrogens with one attached hydrogen (secondary N) is 1. The minimum atomic E-state index is -4.68. The molecule has 0 atom stereocenters. The Labute approximate surface area is 198 Å². The number of halogens is 4. The van der Waals surface area contributed by atoms with E-state index in [1.165, 1.54) is 12.3 Å². The first-order chi connectivity index (χ1) is 16.8. The summed E-state index contributed by atoms with van der Waals surface area (Å²) in [5.74, 6) is -0.480. The van der Waals surface area contributed by atoms with Gasteiger partial charge in [-0.1, -0.05) is 5.16 Å². The molecule has 1 fully saturated rings. The highest BCUT2D eigenvalue weighted by Crippen LogP contribution is 2.30. The van der Waals surface area contributed by atoms with Gasteiger partial charge in [0.15, 0.2) is 0 Å². The van der Waals surface area contributed by atoms with Gasteiger partial charge in [-0.05, 0) is 61.2 Å². The molecule has 11 heteroatoms. The van der Waals surface area contributed by atoms with Crippen LogP contribution in [0.5, 0.6) is 0 Å². The number of nitrogens with zero attached hydrogens (tertiary/aromatic N) is 5. The maximum absolute atomic E-state index is 13.7. The fraction of sp³-hybridized carbons (Fsp3) is 0.375. The fourth-order valence-electron chi connectivity index (χ4n) is 4.53. The monoisotopic (exact) mass is 488 g/mol. The van der Waals surface area contributed by atoms with Gasteiger partial charge in [-0.3, -0.25) is 0 Å². The SMILES string of the molecule is Cn1cc(CNCC2CCN(c3ccc(-c4noc(C(F)(F)F)n4)cn3)CC2)c2cc(F)ccc21. The number of rotatable bonds is 6. The molecule has 7 nitrogen and oxygen atoms in total. The van der Waals surface area contributed by atoms with Crippen molar-refractivity contribution in [1.82, 2.24) is 25.0 Å². The van der Waals surface area contributed by atoms with Crippen LogP contribution in [0.3, 0.4) is 0 Å². The lowest BCUT2D eigenvalue weighted by atomic mass is 9.96. The predicted molar refractivity (Wildman–Crippen MR) is 122 cm³/mol. The van der Waals surface area contributed by atoms with E-state index in [2.05, 4.69) is 29.9 Å². The first-order valence-electron chi connectivity index (χ1n) is 11.3. The van der Waals surface area contributed by atoms with Crippen molar-refractivity contribution < 1.29 is 22.1 Å². The van der Waals surface area contributed by atoms with Crippen LogP contribution in [-0.4, -0.2) is 39.3 Å². The molecule has 3 aromatic heterocycles. The Bertz CT molecular complexity index is 1310. The number of anilines is 1. The number of benzene rings is 1. The zero-order valence-corrected chi connectivity index (χ0v) is 19.0. The van der Waals surface area contributed by atoms with Crippen LogP contribution in [0.15, 0.2) is 47.2 Å². The number of aryl methyl sites for hydroxylation is 1. The lowest BCUT2D eigenvalue weighted by molar-refractivity contribution is -0.159. The van der Waals surface area contributed by atoms with Gasteiger partial charge in [0.1, 0.15) is 11.6 Å². The van der Waals surface area contributed by atoms with Crippen molar-refractivity contribution in [2.45, 2.75) is 25.6 Å². The molecule has 0 aliphatic carbocycles. The summed E-state index contributed by atoms with van der Waals surface area (Å²) in [6.07, 6.45) is 0.792. The van der Waals surface area contributed by atoms with Crippen LogP contribution in [0.4, 0.5) is 23.4 Å². The van der Waals surface area contributed by atoms with Crippen LogP contribution in [0.25, 0.3) is 22.3 Å². The van der Waals surface area contributed by atoms with Gasteiger partial charge in [-0.2, -0.15) is 18.2 Å². The minimum Gasteiger partial charge on any atom is -0.357 e. The predicted octanol–water partition coefficient (Wildman–Crippen LogP) is 4.79. The van der Waals surface area contributed by atoms with E-state index in [-0.39, 0.29) is 11.6 Å². The fourth-order valence-corrected chi connectivity index (χ4v) is 4.53. The van der Waals surface area contributed by atoms with Gasteiger partial charge in [0.2, 0.25) is 5.82 Å². The first kappa shape index (κ1) is 23.3. The van der Waals surface area contributed by atoms with E-state index >= 15 is 0 Å². The van der Waals surface area contributed by atoms with E-state index in [0.717, 1.165) is 54.8 Å². The molecule has 0 amide bonds. The topological polar surface area (TPSA) is 72.0 Å². The second-order valence-electron chi connectivity index (χ2n) is 8.81. The first-order valence-corrected chi connectivity index (χ1v) is 11.3. The van der Waals surface area contributed by atoms with Gasteiger partial charge in [-0.15, -0.1) is 0 Å². The van der Waals surface area contributed by atoms with Gasteiger partial charge >= 0.3 is 12.1 Å². The van der Waals surface area contributed by atoms with Crippen LogP contribution in [0.1, 0.15) is 24.3 Å². The summed E-state index contributed by atoms with van der Waals surface area (Å²) < 4.78 is 57.9. The Morgan fingerprint density at radius 3 is 2.63 bits per heavy atom. The third kappa shape index (κ3) is 5.00. The molecule has 1 N–H and O–H groups in total. The quantitative estimate of drug-likeness (QED) is 0.394. The molecule has 4 aromatic rings. The molecular weight excluding hydrogens is 464 g/mol. The average Bonchev–Trinajstić information content (AvgIpc) is 3.45. The van der Waals surface area contributed by atoms with Crippen molar-refractivity contribution in [3.05, 3.63) is 60.0 Å². The number of alkyl halides is 3. The Balaban J connectivity index is 1.13. The third-order valence-corrected chi connectivity index (χ3v) is 6.40. The molecule has 0 radical (unpaired) electrons. The molecule has 35 heavy (non-hydrogen) atoms. The number of aromatic nitrogens is 4. The summed E-state index contributed by atoms with van der Waals surface area (Å²) in [4.78, 5) is 9.94. The number of piperidine rings is 1. The maximum atomic E-state index is 13.7. The summed E-state index contributed by atoms with van der Waals surface area (Å²) >= 11 is 0. The van der Waals surface area contributed by atoms with Crippen LogP contribution < -0.4 is 10.2 Å². The van der Waals surface area contributed by atoms with Gasteiger partial charge < -0.3 is 19.3 Å². The zero-order valence-electron chi connectivity index (χ0n) is 19.0. The van der Waals surface area contributed by atoms with E-state index in [4.69, 9.17) is 0 Å². The number of fused-ring (bicyclic) bond motifs is 1. The van der Waals surface area contributed by atoms with Crippen LogP contribution in [-0.2, 0) is 19.8 Å². The summed E-state index contributed by atoms with van der Waals surface area (Å²) in [5.41, 5.74) is 2.45. The van der Waals surface area contributed by atoms with Crippen LogP contribution in [0.2, 0.25) is 0 Å². The number of hydrogen-bond acceptors (Lipinski definition) is 6. The average molecular weight is 488 g/mol. The van der Waals surface area contributed by atoms with Gasteiger partial charge in [-0.25, -0.2) is 9.37 Å². The normalized spacial score (nSPS) is 15.3. The van der Waals surface area contributed by atoms with E-state index < -0.39 is 12.1 Å². The minimum absolute atomic E-state index is 0.143. The lowest BCUT2D eigenvalue weighted by Gasteiger charge is -2.33. The Morgan fingerprint density at radius 2 is 1.94 bits per heavy atom. The molecule has 1 aliphatic rings. The van der Waals surface area contributed by atoms with E-state index in [1.54, 1.807) is 24.3 Å². The van der Waals surface area contributed by atoms with Crippen molar-refractivity contribution in [2.75, 3.05) is 24.5 Å². The highest BCUT2D eigenvalue weighted by molar-refractivity contribution is 5.84. The summed E-state index contributed by atoms with van der Waals surface area (Å²) in [6.45, 7) is 3.21. The smallest absolute Gasteiger partial charge is 0.357 e. The van der Waals surface area contributed by atoms with Crippen molar-refractivity contribution in [1.29, 1.82) is 0 Å². The van der Waals surface area contributed by atoms with Gasteiger partial charge in [0.25, 0.3) is 0 Å². The van der Waals surface area contributed by atoms with Crippen molar-refractivity contribution >= 4 is 16.7 Å². The third-order valence-electron chi connectivity index (χ3n) is 6.40. The largest absolute Gasteiger partial charge is 0.471 e. The second-order valence-corrected chi connectivity index (χ2v) is 8.81. The van der Waals surface area contributed by atoms with Crippen molar-refractivity contribution in [2.24, 2.45) is 13.0 Å². The molecule has 0 bridgehead atoms. The molecule has 184 valence electrons.